The van der Waals surface area contributed by atoms with Gasteiger partial charge in [-0.2, -0.15) is 0 Å². The van der Waals surface area contributed by atoms with Gasteiger partial charge in [-0.05, 0) is 46.6 Å². The van der Waals surface area contributed by atoms with Crippen LogP contribution in [0.5, 0.6) is 0 Å². The second kappa shape index (κ2) is 6.97. The summed E-state index contributed by atoms with van der Waals surface area (Å²) in [5.74, 6) is 0. The molecule has 0 spiro atoms. The largest absolute Gasteiger partial charge is 0.309 e. The van der Waals surface area contributed by atoms with Gasteiger partial charge in [0.2, 0.25) is 0 Å². The van der Waals surface area contributed by atoms with Crippen LogP contribution in [0.1, 0.15) is 23.4 Å². The van der Waals surface area contributed by atoms with Crippen LogP contribution in [-0.4, -0.2) is 11.5 Å². The van der Waals surface area contributed by atoms with Gasteiger partial charge >= 0.3 is 0 Å². The minimum absolute atomic E-state index is 0.132. The van der Waals surface area contributed by atoms with E-state index in [4.69, 9.17) is 0 Å². The van der Waals surface area contributed by atoms with E-state index in [2.05, 4.69) is 34.2 Å². The lowest BCUT2D eigenvalue weighted by molar-refractivity contribution is -0.384. The highest BCUT2D eigenvalue weighted by molar-refractivity contribution is 9.11. The Kier molecular flexibility index (Phi) is 5.28. The molecule has 0 aliphatic rings. The third-order valence-corrected chi connectivity index (χ3v) is 4.71. The van der Waals surface area contributed by atoms with Gasteiger partial charge in [-0.3, -0.25) is 10.1 Å². The van der Waals surface area contributed by atoms with E-state index >= 15 is 0 Å². The lowest BCUT2D eigenvalue weighted by atomic mass is 10.0. The number of nitro benzene ring substituents is 1. The molecule has 106 valence electrons. The topological polar surface area (TPSA) is 55.2 Å². The molecule has 0 amide bonds. The Morgan fingerprint density at radius 1 is 1.30 bits per heavy atom. The van der Waals surface area contributed by atoms with E-state index in [0.717, 1.165) is 22.3 Å². The number of benzene rings is 1. The molecular formula is C14H15BrN2O2S. The number of nitrogens with one attached hydrogen (secondary N) is 1. The monoisotopic (exact) mass is 354 g/mol. The standard InChI is InChI=1S/C14H15BrN2O2S/c1-2-16-12(13-7-8-14(15)20-13)9-10-3-5-11(6-4-10)17(18)19/h3-8,12,16H,2,9H2,1H3. The van der Waals surface area contributed by atoms with Gasteiger partial charge < -0.3 is 5.32 Å². The maximum absolute atomic E-state index is 10.7. The van der Waals surface area contributed by atoms with Gasteiger partial charge in [0.1, 0.15) is 0 Å². The molecule has 0 radical (unpaired) electrons. The Bertz CT molecular complexity index is 583. The molecule has 1 N–H and O–H groups in total. The lowest BCUT2D eigenvalue weighted by Crippen LogP contribution is -2.22. The van der Waals surface area contributed by atoms with Gasteiger partial charge in [0, 0.05) is 23.1 Å². The highest BCUT2D eigenvalue weighted by Crippen LogP contribution is 2.29. The maximum Gasteiger partial charge on any atom is 0.269 e. The molecule has 1 aromatic carbocycles. The molecule has 1 aromatic heterocycles. The molecule has 0 aliphatic carbocycles. The molecule has 1 heterocycles. The minimum atomic E-state index is -0.373. The smallest absolute Gasteiger partial charge is 0.269 e. The average Bonchev–Trinajstić information content (AvgIpc) is 2.85. The van der Waals surface area contributed by atoms with E-state index in [9.17, 15) is 10.1 Å². The molecule has 6 heteroatoms. The van der Waals surface area contributed by atoms with Crippen LogP contribution >= 0.6 is 27.3 Å². The fourth-order valence-corrected chi connectivity index (χ4v) is 3.52. The van der Waals surface area contributed by atoms with Crippen molar-refractivity contribution >= 4 is 33.0 Å². The van der Waals surface area contributed by atoms with Gasteiger partial charge in [-0.1, -0.05) is 19.1 Å². The molecule has 20 heavy (non-hydrogen) atoms. The zero-order valence-electron chi connectivity index (χ0n) is 11.0. The number of hydrogen-bond donors (Lipinski definition) is 1. The van der Waals surface area contributed by atoms with E-state index in [1.165, 1.54) is 4.88 Å². The second-order valence-electron chi connectivity index (χ2n) is 4.38. The van der Waals surface area contributed by atoms with Gasteiger partial charge in [-0.25, -0.2) is 0 Å². The summed E-state index contributed by atoms with van der Waals surface area (Å²) in [6, 6.07) is 11.1. The third-order valence-electron chi connectivity index (χ3n) is 2.97. The summed E-state index contributed by atoms with van der Waals surface area (Å²) in [5, 5.41) is 14.1. The first-order chi connectivity index (χ1) is 9.60. The van der Waals surface area contributed by atoms with E-state index in [-0.39, 0.29) is 16.7 Å². The summed E-state index contributed by atoms with van der Waals surface area (Å²) < 4.78 is 1.11. The summed E-state index contributed by atoms with van der Waals surface area (Å²) in [4.78, 5) is 11.5. The first kappa shape index (κ1) is 15.2. The summed E-state index contributed by atoms with van der Waals surface area (Å²) in [6.07, 6.45) is 0.818. The predicted molar refractivity (Wildman–Crippen MR) is 85.2 cm³/mol. The molecule has 2 aromatic rings. The fourth-order valence-electron chi connectivity index (χ4n) is 2.02. The number of nitro groups is 1. The van der Waals surface area contributed by atoms with Crippen molar-refractivity contribution in [2.75, 3.05) is 6.54 Å². The number of likely N-dealkylation sites (N-methyl/N-ethyl adjacent to an activating group) is 1. The van der Waals surface area contributed by atoms with Crippen molar-refractivity contribution in [3.63, 3.8) is 0 Å². The SMILES string of the molecule is CCNC(Cc1ccc([N+](=O)[O-])cc1)c1ccc(Br)s1. The molecule has 2 rings (SSSR count). The highest BCUT2D eigenvalue weighted by atomic mass is 79.9. The van der Waals surface area contributed by atoms with Gasteiger partial charge in [-0.15, -0.1) is 11.3 Å². The number of thiophene rings is 1. The van der Waals surface area contributed by atoms with Crippen LogP contribution in [0, 0.1) is 10.1 Å². The van der Waals surface area contributed by atoms with Crippen molar-refractivity contribution in [1.29, 1.82) is 0 Å². The van der Waals surface area contributed by atoms with Crippen molar-refractivity contribution in [2.24, 2.45) is 0 Å². The zero-order chi connectivity index (χ0) is 14.5. The maximum atomic E-state index is 10.7. The van der Waals surface area contributed by atoms with Crippen molar-refractivity contribution in [1.82, 2.24) is 5.32 Å². The van der Waals surface area contributed by atoms with Crippen LogP contribution in [0.25, 0.3) is 0 Å². The van der Waals surface area contributed by atoms with Crippen LogP contribution in [-0.2, 0) is 6.42 Å². The molecule has 0 saturated carbocycles. The Morgan fingerprint density at radius 3 is 2.50 bits per heavy atom. The normalized spacial score (nSPS) is 12.3. The number of nitrogens with zero attached hydrogens (tertiary/aromatic N) is 1. The third kappa shape index (κ3) is 3.88. The Morgan fingerprint density at radius 2 is 2.00 bits per heavy atom. The van der Waals surface area contributed by atoms with Crippen LogP contribution in [0.2, 0.25) is 0 Å². The molecule has 1 atom stereocenters. The summed E-state index contributed by atoms with van der Waals surface area (Å²) in [7, 11) is 0. The molecule has 0 saturated heterocycles. The molecule has 4 nitrogen and oxygen atoms in total. The Hall–Kier alpha value is -1.24. The fraction of sp³-hybridized carbons (Fsp3) is 0.286. The van der Waals surface area contributed by atoms with E-state index in [1.54, 1.807) is 23.5 Å². The van der Waals surface area contributed by atoms with Crippen LogP contribution in [0.15, 0.2) is 40.2 Å². The van der Waals surface area contributed by atoms with Gasteiger partial charge in [0.25, 0.3) is 5.69 Å². The van der Waals surface area contributed by atoms with Crippen molar-refractivity contribution in [3.05, 3.63) is 60.7 Å². The van der Waals surface area contributed by atoms with Crippen molar-refractivity contribution < 1.29 is 4.92 Å². The number of hydrogen-bond acceptors (Lipinski definition) is 4. The minimum Gasteiger partial charge on any atom is -0.309 e. The molecule has 0 fully saturated rings. The lowest BCUT2D eigenvalue weighted by Gasteiger charge is -2.16. The van der Waals surface area contributed by atoms with E-state index < -0.39 is 0 Å². The first-order valence-corrected chi connectivity index (χ1v) is 7.93. The molecule has 1 unspecified atom stereocenters. The first-order valence-electron chi connectivity index (χ1n) is 6.32. The van der Waals surface area contributed by atoms with Crippen LogP contribution in [0.3, 0.4) is 0 Å². The van der Waals surface area contributed by atoms with Crippen LogP contribution < -0.4 is 5.32 Å². The Labute approximate surface area is 130 Å². The molecule has 0 aliphatic heterocycles. The molecular weight excluding hydrogens is 340 g/mol. The summed E-state index contributed by atoms with van der Waals surface area (Å²) in [5.41, 5.74) is 1.22. The second-order valence-corrected chi connectivity index (χ2v) is 6.87. The van der Waals surface area contributed by atoms with E-state index in [0.29, 0.717) is 0 Å². The van der Waals surface area contributed by atoms with E-state index in [1.807, 2.05) is 18.2 Å². The van der Waals surface area contributed by atoms with Crippen molar-refractivity contribution in [2.45, 2.75) is 19.4 Å². The van der Waals surface area contributed by atoms with Crippen LogP contribution in [0.4, 0.5) is 5.69 Å². The van der Waals surface area contributed by atoms with Crippen molar-refractivity contribution in [3.8, 4) is 0 Å². The number of halogens is 1. The number of non-ortho nitro benzene ring substituents is 1. The zero-order valence-corrected chi connectivity index (χ0v) is 13.4. The average molecular weight is 355 g/mol. The quantitative estimate of drug-likeness (QED) is 0.620. The Balaban J connectivity index is 2.13. The predicted octanol–water partition coefficient (Wildman–Crippen LogP) is 4.31. The van der Waals surface area contributed by atoms with Gasteiger partial charge in [0.05, 0.1) is 8.71 Å². The highest BCUT2D eigenvalue weighted by Gasteiger charge is 2.14. The molecule has 0 bridgehead atoms. The van der Waals surface area contributed by atoms with Gasteiger partial charge in [0.15, 0.2) is 0 Å². The summed E-state index contributed by atoms with van der Waals surface area (Å²) >= 11 is 5.19. The number of rotatable bonds is 6. The summed E-state index contributed by atoms with van der Waals surface area (Å²) in [6.45, 7) is 2.96.